The van der Waals surface area contributed by atoms with E-state index in [-0.39, 0.29) is 0 Å². The maximum absolute atomic E-state index is 8.45. The first-order chi connectivity index (χ1) is 5.22. The minimum absolute atomic E-state index is 0.516. The fourth-order valence-corrected chi connectivity index (χ4v) is 1.26. The van der Waals surface area contributed by atoms with Crippen LogP contribution in [0, 0.1) is 13.8 Å². The molecule has 0 atom stereocenters. The molecular formula is C9H13NO. The molecule has 0 aliphatic heterocycles. The van der Waals surface area contributed by atoms with Crippen molar-refractivity contribution in [2.75, 3.05) is 0 Å². The number of nitrogens with one attached hydrogen (secondary N) is 1. The average molecular weight is 151 g/mol. The second kappa shape index (κ2) is 3.51. The Morgan fingerprint density at radius 2 is 1.73 bits per heavy atom. The standard InChI is InChI=1S/C9H13NO/c1-7-3-8(2)5-9(4-7)6-10-11/h3-5,10-11H,6H2,1-2H3. The molecule has 2 N–H and O–H groups in total. The first-order valence-corrected chi connectivity index (χ1v) is 3.66. The van der Waals surface area contributed by atoms with Crippen LogP contribution in [0.2, 0.25) is 0 Å². The Kier molecular flexibility index (Phi) is 2.63. The van der Waals surface area contributed by atoms with Crippen molar-refractivity contribution >= 4 is 0 Å². The highest BCUT2D eigenvalue weighted by Gasteiger charge is 1.93. The predicted molar refractivity (Wildman–Crippen MR) is 44.5 cm³/mol. The zero-order valence-corrected chi connectivity index (χ0v) is 6.89. The Labute approximate surface area is 66.8 Å². The molecule has 0 aliphatic carbocycles. The van der Waals surface area contributed by atoms with Crippen LogP contribution in [0.25, 0.3) is 0 Å². The van der Waals surface area contributed by atoms with Crippen LogP contribution < -0.4 is 5.48 Å². The van der Waals surface area contributed by atoms with E-state index >= 15 is 0 Å². The summed E-state index contributed by atoms with van der Waals surface area (Å²) < 4.78 is 0. The van der Waals surface area contributed by atoms with Gasteiger partial charge < -0.3 is 5.21 Å². The van der Waals surface area contributed by atoms with Gasteiger partial charge in [-0.25, -0.2) is 5.48 Å². The second-order valence-electron chi connectivity index (χ2n) is 2.83. The van der Waals surface area contributed by atoms with E-state index in [0.717, 1.165) is 5.56 Å². The van der Waals surface area contributed by atoms with Gasteiger partial charge in [0.2, 0.25) is 0 Å². The number of rotatable bonds is 2. The van der Waals surface area contributed by atoms with Crippen molar-refractivity contribution in [1.82, 2.24) is 5.48 Å². The minimum Gasteiger partial charge on any atom is -0.316 e. The molecule has 0 amide bonds. The van der Waals surface area contributed by atoms with Crippen molar-refractivity contribution in [1.29, 1.82) is 0 Å². The number of hydrogen-bond donors (Lipinski definition) is 2. The van der Waals surface area contributed by atoms with Crippen molar-refractivity contribution in [2.45, 2.75) is 20.4 Å². The molecule has 0 saturated heterocycles. The van der Waals surface area contributed by atoms with Gasteiger partial charge in [0.15, 0.2) is 0 Å². The first-order valence-electron chi connectivity index (χ1n) is 3.66. The van der Waals surface area contributed by atoms with Gasteiger partial charge in [-0.3, -0.25) is 0 Å². The summed E-state index contributed by atoms with van der Waals surface area (Å²) in [6, 6.07) is 6.22. The van der Waals surface area contributed by atoms with E-state index in [1.54, 1.807) is 0 Å². The molecule has 0 heterocycles. The van der Waals surface area contributed by atoms with Crippen LogP contribution in [-0.2, 0) is 6.54 Å². The monoisotopic (exact) mass is 151 g/mol. The molecular weight excluding hydrogens is 138 g/mol. The van der Waals surface area contributed by atoms with Crippen LogP contribution in [0.1, 0.15) is 16.7 Å². The summed E-state index contributed by atoms with van der Waals surface area (Å²) in [4.78, 5) is 0. The summed E-state index contributed by atoms with van der Waals surface area (Å²) in [7, 11) is 0. The Bertz CT molecular complexity index is 225. The maximum Gasteiger partial charge on any atom is 0.0458 e. The highest BCUT2D eigenvalue weighted by molar-refractivity contribution is 5.28. The van der Waals surface area contributed by atoms with Gasteiger partial charge in [0, 0.05) is 6.54 Å². The molecule has 0 fully saturated rings. The second-order valence-corrected chi connectivity index (χ2v) is 2.83. The molecule has 2 heteroatoms. The summed E-state index contributed by atoms with van der Waals surface area (Å²) in [5.41, 5.74) is 5.72. The molecule has 1 rings (SSSR count). The molecule has 2 nitrogen and oxygen atoms in total. The summed E-state index contributed by atoms with van der Waals surface area (Å²) in [5.74, 6) is 0. The molecule has 0 unspecified atom stereocenters. The van der Waals surface area contributed by atoms with Crippen LogP contribution in [0.4, 0.5) is 0 Å². The highest BCUT2D eigenvalue weighted by Crippen LogP contribution is 2.07. The lowest BCUT2D eigenvalue weighted by Crippen LogP contribution is -2.06. The van der Waals surface area contributed by atoms with Crippen LogP contribution >= 0.6 is 0 Å². The van der Waals surface area contributed by atoms with E-state index in [0.29, 0.717) is 6.54 Å². The lowest BCUT2D eigenvalue weighted by molar-refractivity contribution is 0.161. The smallest absolute Gasteiger partial charge is 0.0458 e. The third-order valence-electron chi connectivity index (χ3n) is 1.56. The summed E-state index contributed by atoms with van der Waals surface area (Å²) in [6.45, 7) is 4.62. The quantitative estimate of drug-likeness (QED) is 0.631. The third-order valence-corrected chi connectivity index (χ3v) is 1.56. The SMILES string of the molecule is Cc1cc(C)cc(CNO)c1. The van der Waals surface area contributed by atoms with E-state index in [2.05, 4.69) is 23.7 Å². The maximum atomic E-state index is 8.45. The first kappa shape index (κ1) is 8.24. The van der Waals surface area contributed by atoms with Crippen LogP contribution in [0.5, 0.6) is 0 Å². The van der Waals surface area contributed by atoms with Gasteiger partial charge in [-0.2, -0.15) is 0 Å². The zero-order valence-electron chi connectivity index (χ0n) is 6.89. The van der Waals surface area contributed by atoms with E-state index < -0.39 is 0 Å². The van der Waals surface area contributed by atoms with E-state index in [4.69, 9.17) is 5.21 Å². The normalized spacial score (nSPS) is 10.1. The molecule has 0 bridgehead atoms. The lowest BCUT2D eigenvalue weighted by Gasteiger charge is -2.02. The average Bonchev–Trinajstić information content (AvgIpc) is 1.85. The Morgan fingerprint density at radius 3 is 2.18 bits per heavy atom. The van der Waals surface area contributed by atoms with Crippen LogP contribution in [-0.4, -0.2) is 5.21 Å². The Balaban J connectivity index is 2.89. The van der Waals surface area contributed by atoms with E-state index in [1.165, 1.54) is 11.1 Å². The molecule has 0 radical (unpaired) electrons. The van der Waals surface area contributed by atoms with Gasteiger partial charge in [-0.1, -0.05) is 29.3 Å². The van der Waals surface area contributed by atoms with E-state index in [1.807, 2.05) is 13.8 Å². The fraction of sp³-hybridized carbons (Fsp3) is 0.333. The molecule has 11 heavy (non-hydrogen) atoms. The van der Waals surface area contributed by atoms with Gasteiger partial charge in [-0.15, -0.1) is 0 Å². The topological polar surface area (TPSA) is 32.3 Å². The van der Waals surface area contributed by atoms with Crippen LogP contribution in [0.15, 0.2) is 18.2 Å². The Hall–Kier alpha value is -0.860. The molecule has 0 spiro atoms. The molecule has 60 valence electrons. The van der Waals surface area contributed by atoms with Crippen molar-refractivity contribution in [2.24, 2.45) is 0 Å². The van der Waals surface area contributed by atoms with E-state index in [9.17, 15) is 0 Å². The number of benzene rings is 1. The predicted octanol–water partition coefficient (Wildman–Crippen LogP) is 1.78. The van der Waals surface area contributed by atoms with Crippen molar-refractivity contribution in [3.05, 3.63) is 34.9 Å². The summed E-state index contributed by atoms with van der Waals surface area (Å²) in [5, 5.41) is 8.45. The number of hydroxylamine groups is 1. The minimum atomic E-state index is 0.516. The Morgan fingerprint density at radius 1 is 1.18 bits per heavy atom. The zero-order chi connectivity index (χ0) is 8.27. The van der Waals surface area contributed by atoms with Gasteiger partial charge in [-0.05, 0) is 19.4 Å². The molecule has 1 aromatic rings. The highest BCUT2D eigenvalue weighted by atomic mass is 16.5. The van der Waals surface area contributed by atoms with Crippen molar-refractivity contribution < 1.29 is 5.21 Å². The molecule has 0 saturated carbocycles. The number of aryl methyl sites for hydroxylation is 2. The van der Waals surface area contributed by atoms with Gasteiger partial charge in [0.25, 0.3) is 0 Å². The molecule has 0 aromatic heterocycles. The summed E-state index contributed by atoms with van der Waals surface area (Å²) >= 11 is 0. The summed E-state index contributed by atoms with van der Waals surface area (Å²) in [6.07, 6.45) is 0. The van der Waals surface area contributed by atoms with Gasteiger partial charge >= 0.3 is 0 Å². The van der Waals surface area contributed by atoms with Crippen LogP contribution in [0.3, 0.4) is 0 Å². The van der Waals surface area contributed by atoms with Gasteiger partial charge in [0.1, 0.15) is 0 Å². The fourth-order valence-electron chi connectivity index (χ4n) is 1.26. The number of hydrogen-bond acceptors (Lipinski definition) is 2. The van der Waals surface area contributed by atoms with Crippen molar-refractivity contribution in [3.63, 3.8) is 0 Å². The lowest BCUT2D eigenvalue weighted by atomic mass is 10.1. The third kappa shape index (κ3) is 2.33. The largest absolute Gasteiger partial charge is 0.316 e. The molecule has 0 aliphatic rings. The van der Waals surface area contributed by atoms with Crippen molar-refractivity contribution in [3.8, 4) is 0 Å². The molecule has 1 aromatic carbocycles. The van der Waals surface area contributed by atoms with Gasteiger partial charge in [0.05, 0.1) is 0 Å².